The molecule has 41 heavy (non-hydrogen) atoms. The van der Waals surface area contributed by atoms with E-state index in [0.717, 1.165) is 0 Å². The minimum Gasteiger partial charge on any atom is -0.347 e. The van der Waals surface area contributed by atoms with E-state index in [-0.39, 0.29) is 24.3 Å². The van der Waals surface area contributed by atoms with Gasteiger partial charge in [-0.05, 0) is 29.8 Å². The third-order valence-electron chi connectivity index (χ3n) is 5.29. The van der Waals surface area contributed by atoms with Crippen LogP contribution in [0, 0.1) is 0 Å². The van der Waals surface area contributed by atoms with Crippen molar-refractivity contribution in [1.29, 1.82) is 0 Å². The molecule has 0 aliphatic rings. The molecule has 0 radical (unpaired) electrons. The number of ketones is 1. The highest BCUT2D eigenvalue weighted by atomic mass is 35.5. The molecule has 1 amide bonds. The lowest BCUT2D eigenvalue weighted by molar-refractivity contribution is -0.140. The molecule has 0 spiro atoms. The first-order valence-electron chi connectivity index (χ1n) is 10.9. The summed E-state index contributed by atoms with van der Waals surface area (Å²) in [6.45, 7) is -1.76. The summed E-state index contributed by atoms with van der Waals surface area (Å²) in [5, 5.41) is 0.259. The van der Waals surface area contributed by atoms with Gasteiger partial charge in [0, 0.05) is 24.0 Å². The largest absolute Gasteiger partial charge is 0.417 e. The molecule has 0 heterocycles. The number of Topliss-reactive ketones (excluding diaryl/α,β-unsaturated/α-hetero) is 1. The molecule has 0 fully saturated rings. The summed E-state index contributed by atoms with van der Waals surface area (Å²) in [7, 11) is 0. The summed E-state index contributed by atoms with van der Waals surface area (Å²) in [5.74, 6) is -7.54. The van der Waals surface area contributed by atoms with Gasteiger partial charge in [-0.1, -0.05) is 29.8 Å². The quantitative estimate of drug-likeness (QED) is 0.234. The zero-order valence-electron chi connectivity index (χ0n) is 19.8. The first-order chi connectivity index (χ1) is 18.5. The standard InChI is InChI=1S/C24H15ClF13NO2/c25-17-8-11(2-4-14(17)22(30,31)32)15(23(33,34)35)9-18(26)12-1-3-13(16(7-12)24(36,37)38)19(40)5-6-20(41)39-10-21(27,28)29/h1-4,7-9,15H,5-6,10H2,(H,39,41)/b18-9-. The van der Waals surface area contributed by atoms with E-state index in [1.807, 2.05) is 0 Å². The van der Waals surface area contributed by atoms with Gasteiger partial charge in [-0.15, -0.1) is 0 Å². The zero-order chi connectivity index (χ0) is 31.6. The number of nitrogens with one attached hydrogen (secondary N) is 1. The SMILES string of the molecule is O=C(CCC(=O)c1ccc(/C(F)=C/C(c2ccc(C(F)(F)F)c(Cl)c2)C(F)(F)F)cc1C(F)(F)F)NCC(F)(F)F. The van der Waals surface area contributed by atoms with Crippen LogP contribution in [-0.2, 0) is 17.1 Å². The van der Waals surface area contributed by atoms with Gasteiger partial charge in [0.1, 0.15) is 18.3 Å². The first kappa shape index (κ1) is 33.9. The minimum absolute atomic E-state index is 0.00401. The predicted molar refractivity (Wildman–Crippen MR) is 118 cm³/mol. The van der Waals surface area contributed by atoms with E-state index < -0.39 is 100 Å². The Bertz CT molecular complexity index is 1310. The van der Waals surface area contributed by atoms with E-state index in [2.05, 4.69) is 0 Å². The lowest BCUT2D eigenvalue weighted by Crippen LogP contribution is -2.33. The molecule has 0 saturated carbocycles. The summed E-state index contributed by atoms with van der Waals surface area (Å²) in [6.07, 6.45) is -22.6. The van der Waals surface area contributed by atoms with Gasteiger partial charge in [-0.3, -0.25) is 9.59 Å². The minimum atomic E-state index is -5.37. The molecule has 0 aromatic heterocycles. The third kappa shape index (κ3) is 9.64. The van der Waals surface area contributed by atoms with Crippen molar-refractivity contribution in [1.82, 2.24) is 5.32 Å². The number of hydrogen-bond acceptors (Lipinski definition) is 2. The Hall–Kier alpha value is -3.30. The van der Waals surface area contributed by atoms with Crippen molar-refractivity contribution in [3.8, 4) is 0 Å². The van der Waals surface area contributed by atoms with Gasteiger partial charge in [0.05, 0.1) is 16.1 Å². The maximum absolute atomic E-state index is 14.9. The molecule has 226 valence electrons. The molecule has 0 aliphatic carbocycles. The molecule has 0 bridgehead atoms. The van der Waals surface area contributed by atoms with Crippen molar-refractivity contribution in [3.63, 3.8) is 0 Å². The number of benzene rings is 2. The molecule has 0 aliphatic heterocycles. The van der Waals surface area contributed by atoms with Crippen molar-refractivity contribution in [2.75, 3.05) is 6.54 Å². The van der Waals surface area contributed by atoms with Gasteiger partial charge < -0.3 is 5.32 Å². The topological polar surface area (TPSA) is 46.2 Å². The molecule has 2 aromatic rings. The van der Waals surface area contributed by atoms with Crippen LogP contribution in [0.5, 0.6) is 0 Å². The van der Waals surface area contributed by atoms with Crippen LogP contribution in [0.4, 0.5) is 57.1 Å². The second kappa shape index (κ2) is 12.3. The normalized spacial score (nSPS) is 14.1. The Morgan fingerprint density at radius 3 is 1.88 bits per heavy atom. The van der Waals surface area contributed by atoms with Gasteiger partial charge in [0.15, 0.2) is 5.78 Å². The van der Waals surface area contributed by atoms with Crippen LogP contribution in [0.2, 0.25) is 5.02 Å². The maximum Gasteiger partial charge on any atom is 0.417 e. The van der Waals surface area contributed by atoms with E-state index in [4.69, 9.17) is 11.6 Å². The van der Waals surface area contributed by atoms with Crippen LogP contribution in [0.3, 0.4) is 0 Å². The lowest BCUT2D eigenvalue weighted by Gasteiger charge is -2.19. The van der Waals surface area contributed by atoms with Crippen LogP contribution < -0.4 is 5.32 Å². The summed E-state index contributed by atoms with van der Waals surface area (Å²) in [6, 6.07) is 1.76. The van der Waals surface area contributed by atoms with Gasteiger partial charge in [0.25, 0.3) is 0 Å². The first-order valence-corrected chi connectivity index (χ1v) is 11.3. The van der Waals surface area contributed by atoms with Crippen molar-refractivity contribution in [3.05, 3.63) is 75.3 Å². The molecule has 1 N–H and O–H groups in total. The van der Waals surface area contributed by atoms with Crippen LogP contribution in [0.25, 0.3) is 5.83 Å². The van der Waals surface area contributed by atoms with Crippen molar-refractivity contribution in [2.24, 2.45) is 0 Å². The average molecular weight is 632 g/mol. The molecule has 2 rings (SSSR count). The number of carbonyl (C=O) groups excluding carboxylic acids is 2. The van der Waals surface area contributed by atoms with Crippen LogP contribution in [0.15, 0.2) is 42.5 Å². The Labute approximate surface area is 227 Å². The highest BCUT2D eigenvalue weighted by molar-refractivity contribution is 6.31. The molecule has 1 atom stereocenters. The molecule has 3 nitrogen and oxygen atoms in total. The summed E-state index contributed by atoms with van der Waals surface area (Å²) >= 11 is 5.43. The monoisotopic (exact) mass is 631 g/mol. The Balaban J connectivity index is 2.42. The highest BCUT2D eigenvalue weighted by Gasteiger charge is 2.42. The molecule has 1 unspecified atom stereocenters. The van der Waals surface area contributed by atoms with Crippen molar-refractivity contribution >= 4 is 29.1 Å². The number of rotatable bonds is 8. The van der Waals surface area contributed by atoms with Gasteiger partial charge in [-0.2, -0.15) is 52.7 Å². The van der Waals surface area contributed by atoms with Crippen LogP contribution in [0.1, 0.15) is 51.4 Å². The fourth-order valence-corrected chi connectivity index (χ4v) is 3.69. The number of alkyl halides is 12. The average Bonchev–Trinajstić information content (AvgIpc) is 2.81. The number of carbonyl (C=O) groups is 2. The van der Waals surface area contributed by atoms with Crippen LogP contribution >= 0.6 is 11.6 Å². The molecule has 17 heteroatoms. The van der Waals surface area contributed by atoms with Gasteiger partial charge in [0.2, 0.25) is 5.91 Å². The van der Waals surface area contributed by atoms with Gasteiger partial charge >= 0.3 is 24.7 Å². The Kier molecular flexibility index (Phi) is 10.2. The lowest BCUT2D eigenvalue weighted by atomic mass is 9.93. The number of halogens is 14. The molecular formula is C24H15ClF13NO2. The van der Waals surface area contributed by atoms with E-state index in [9.17, 15) is 66.7 Å². The third-order valence-corrected chi connectivity index (χ3v) is 5.60. The highest BCUT2D eigenvalue weighted by Crippen LogP contribution is 2.42. The van der Waals surface area contributed by atoms with E-state index in [1.54, 1.807) is 0 Å². The van der Waals surface area contributed by atoms with E-state index >= 15 is 0 Å². The molecule has 0 saturated heterocycles. The second-order valence-electron chi connectivity index (χ2n) is 8.34. The van der Waals surface area contributed by atoms with Crippen molar-refractivity contribution in [2.45, 2.75) is 43.5 Å². The summed E-state index contributed by atoms with van der Waals surface area (Å²) < 4.78 is 172. The second-order valence-corrected chi connectivity index (χ2v) is 8.75. The van der Waals surface area contributed by atoms with E-state index in [1.165, 1.54) is 5.32 Å². The number of allylic oxidation sites excluding steroid dienone is 1. The van der Waals surface area contributed by atoms with Crippen LogP contribution in [-0.4, -0.2) is 30.6 Å². The zero-order valence-corrected chi connectivity index (χ0v) is 20.6. The number of amides is 1. The summed E-state index contributed by atoms with van der Waals surface area (Å²) in [5.41, 5.74) is -6.50. The predicted octanol–water partition coefficient (Wildman–Crippen LogP) is 8.68. The van der Waals surface area contributed by atoms with E-state index in [0.29, 0.717) is 18.2 Å². The van der Waals surface area contributed by atoms with Crippen molar-refractivity contribution < 1.29 is 66.7 Å². The Morgan fingerprint density at radius 1 is 0.805 bits per heavy atom. The molecular weight excluding hydrogens is 617 g/mol. The maximum atomic E-state index is 14.9. The number of hydrogen-bond donors (Lipinski definition) is 1. The Morgan fingerprint density at radius 2 is 1.39 bits per heavy atom. The fourth-order valence-electron chi connectivity index (χ4n) is 3.40. The molecule has 2 aromatic carbocycles. The summed E-state index contributed by atoms with van der Waals surface area (Å²) in [4.78, 5) is 23.7. The fraction of sp³-hybridized carbons (Fsp3) is 0.333. The smallest absolute Gasteiger partial charge is 0.347 e. The van der Waals surface area contributed by atoms with Gasteiger partial charge in [-0.25, -0.2) is 4.39 Å².